The van der Waals surface area contributed by atoms with Gasteiger partial charge in [0.1, 0.15) is 0 Å². The van der Waals surface area contributed by atoms with Crippen molar-refractivity contribution < 1.29 is 14.6 Å². The highest BCUT2D eigenvalue weighted by Gasteiger charge is 2.47. The van der Waals surface area contributed by atoms with Crippen LogP contribution in [0.3, 0.4) is 0 Å². The first-order valence-electron chi connectivity index (χ1n) is 10.9. The molecule has 5 heteroatoms. The molecular formula is C21H36N2O3. The van der Waals surface area contributed by atoms with Crippen LogP contribution >= 0.6 is 0 Å². The average Bonchev–Trinajstić information content (AvgIpc) is 3.37. The molecule has 26 heavy (non-hydrogen) atoms. The number of piperidine rings is 1. The van der Waals surface area contributed by atoms with Crippen molar-refractivity contribution in [3.8, 4) is 0 Å². The highest BCUT2D eigenvalue weighted by Crippen LogP contribution is 2.43. The Balaban J connectivity index is 1.28. The molecule has 148 valence electrons. The van der Waals surface area contributed by atoms with Crippen molar-refractivity contribution >= 4 is 5.97 Å². The molecule has 0 aromatic heterocycles. The molecule has 0 atom stereocenters. The van der Waals surface area contributed by atoms with Gasteiger partial charge in [0.2, 0.25) is 0 Å². The standard InChI is InChI=1S/C21H36N2O3/c24-19(25)21(7-2-8-21)15-23-11-9-20(10-12-23,14-22-18-5-6-18)16-26-13-17-3-1-4-17/h17-18,22H,1-16H2,(H,24,25). The highest BCUT2D eigenvalue weighted by atomic mass is 16.5. The van der Waals surface area contributed by atoms with E-state index in [0.29, 0.717) is 0 Å². The molecule has 1 aliphatic heterocycles. The molecule has 5 nitrogen and oxygen atoms in total. The number of likely N-dealkylation sites (tertiary alicyclic amines) is 1. The topological polar surface area (TPSA) is 61.8 Å². The van der Waals surface area contributed by atoms with Crippen LogP contribution in [-0.4, -0.2) is 61.4 Å². The molecule has 4 fully saturated rings. The summed E-state index contributed by atoms with van der Waals surface area (Å²) in [6.45, 7) is 5.68. The van der Waals surface area contributed by atoms with E-state index in [2.05, 4.69) is 10.2 Å². The number of hydrogen-bond acceptors (Lipinski definition) is 4. The zero-order valence-corrected chi connectivity index (χ0v) is 16.2. The molecular weight excluding hydrogens is 328 g/mol. The molecule has 4 rings (SSSR count). The summed E-state index contributed by atoms with van der Waals surface area (Å²) in [6, 6.07) is 0.738. The van der Waals surface area contributed by atoms with E-state index in [4.69, 9.17) is 4.74 Å². The summed E-state index contributed by atoms with van der Waals surface area (Å²) >= 11 is 0. The number of rotatable bonds is 10. The van der Waals surface area contributed by atoms with Crippen LogP contribution in [-0.2, 0) is 9.53 Å². The van der Waals surface area contributed by atoms with Gasteiger partial charge < -0.3 is 20.1 Å². The molecule has 0 radical (unpaired) electrons. The summed E-state index contributed by atoms with van der Waals surface area (Å²) < 4.78 is 6.19. The quantitative estimate of drug-likeness (QED) is 0.624. The number of hydrogen-bond donors (Lipinski definition) is 2. The maximum absolute atomic E-state index is 11.7. The third kappa shape index (κ3) is 4.26. The van der Waals surface area contributed by atoms with E-state index in [1.165, 1.54) is 32.1 Å². The number of nitrogens with zero attached hydrogens (tertiary/aromatic N) is 1. The van der Waals surface area contributed by atoms with Gasteiger partial charge in [0.05, 0.1) is 12.0 Å². The second-order valence-electron chi connectivity index (χ2n) is 9.68. The molecule has 1 saturated heterocycles. The fourth-order valence-corrected chi connectivity index (χ4v) is 4.78. The second kappa shape index (κ2) is 7.76. The van der Waals surface area contributed by atoms with Crippen LogP contribution < -0.4 is 5.32 Å². The highest BCUT2D eigenvalue weighted by molar-refractivity contribution is 5.76. The van der Waals surface area contributed by atoms with Crippen molar-refractivity contribution in [2.75, 3.05) is 39.4 Å². The Hall–Kier alpha value is -0.650. The lowest BCUT2D eigenvalue weighted by Crippen LogP contribution is -2.53. The van der Waals surface area contributed by atoms with Crippen molar-refractivity contribution in [1.29, 1.82) is 0 Å². The second-order valence-corrected chi connectivity index (χ2v) is 9.68. The van der Waals surface area contributed by atoms with E-state index in [0.717, 1.165) is 83.5 Å². The van der Waals surface area contributed by atoms with E-state index in [-0.39, 0.29) is 5.41 Å². The Morgan fingerprint density at radius 3 is 2.31 bits per heavy atom. The fraction of sp³-hybridized carbons (Fsp3) is 0.952. The van der Waals surface area contributed by atoms with Crippen molar-refractivity contribution in [3.63, 3.8) is 0 Å². The van der Waals surface area contributed by atoms with E-state index in [1.54, 1.807) is 0 Å². The summed E-state index contributed by atoms with van der Waals surface area (Å²) in [5.41, 5.74) is -0.203. The van der Waals surface area contributed by atoms with Gasteiger partial charge in [-0.15, -0.1) is 0 Å². The maximum atomic E-state index is 11.7. The minimum Gasteiger partial charge on any atom is -0.481 e. The first-order valence-corrected chi connectivity index (χ1v) is 10.9. The Morgan fingerprint density at radius 1 is 1.08 bits per heavy atom. The number of carboxylic acids is 1. The number of aliphatic carboxylic acids is 1. The van der Waals surface area contributed by atoms with Crippen molar-refractivity contribution in [2.24, 2.45) is 16.7 Å². The largest absolute Gasteiger partial charge is 0.481 e. The van der Waals surface area contributed by atoms with Crippen LogP contribution in [0.15, 0.2) is 0 Å². The van der Waals surface area contributed by atoms with Gasteiger partial charge in [0, 0.05) is 31.2 Å². The molecule has 0 unspecified atom stereocenters. The Kier molecular flexibility index (Phi) is 5.58. The molecule has 3 aliphatic carbocycles. The van der Waals surface area contributed by atoms with Crippen molar-refractivity contribution in [1.82, 2.24) is 10.2 Å². The summed E-state index contributed by atoms with van der Waals surface area (Å²) in [4.78, 5) is 14.1. The summed E-state index contributed by atoms with van der Waals surface area (Å²) in [5.74, 6) is 0.220. The maximum Gasteiger partial charge on any atom is 0.310 e. The molecule has 3 saturated carbocycles. The summed E-state index contributed by atoms with van der Waals surface area (Å²) in [5, 5.41) is 13.4. The van der Waals surface area contributed by atoms with Crippen LogP contribution in [0, 0.1) is 16.7 Å². The number of carbonyl (C=O) groups is 1. The van der Waals surface area contributed by atoms with Crippen molar-refractivity contribution in [3.05, 3.63) is 0 Å². The van der Waals surface area contributed by atoms with Gasteiger partial charge in [-0.25, -0.2) is 0 Å². The van der Waals surface area contributed by atoms with E-state index in [9.17, 15) is 9.90 Å². The van der Waals surface area contributed by atoms with Gasteiger partial charge in [0.25, 0.3) is 0 Å². The Morgan fingerprint density at radius 2 is 1.81 bits per heavy atom. The predicted octanol–water partition coefficient (Wildman–Crippen LogP) is 2.89. The molecule has 0 aromatic carbocycles. The summed E-state index contributed by atoms with van der Waals surface area (Å²) in [7, 11) is 0. The molecule has 1 heterocycles. The Bertz CT molecular complexity index is 489. The van der Waals surface area contributed by atoms with Gasteiger partial charge in [-0.1, -0.05) is 12.8 Å². The van der Waals surface area contributed by atoms with Crippen LogP contribution in [0.25, 0.3) is 0 Å². The lowest BCUT2D eigenvalue weighted by molar-refractivity contribution is -0.157. The summed E-state index contributed by atoms with van der Waals surface area (Å²) in [6.07, 6.45) is 11.8. The third-order valence-electron chi connectivity index (χ3n) is 7.54. The first-order chi connectivity index (χ1) is 12.6. The van der Waals surface area contributed by atoms with E-state index >= 15 is 0 Å². The monoisotopic (exact) mass is 364 g/mol. The zero-order chi connectivity index (χ0) is 18.0. The van der Waals surface area contributed by atoms with Crippen LogP contribution in [0.2, 0.25) is 0 Å². The van der Waals surface area contributed by atoms with Crippen molar-refractivity contribution in [2.45, 2.75) is 70.3 Å². The van der Waals surface area contributed by atoms with Gasteiger partial charge in [-0.05, 0) is 70.4 Å². The third-order valence-corrected chi connectivity index (χ3v) is 7.54. The van der Waals surface area contributed by atoms with Gasteiger partial charge in [-0.3, -0.25) is 4.79 Å². The fourth-order valence-electron chi connectivity index (χ4n) is 4.78. The average molecular weight is 365 g/mol. The lowest BCUT2D eigenvalue weighted by Gasteiger charge is -2.47. The molecule has 2 N–H and O–H groups in total. The predicted molar refractivity (Wildman–Crippen MR) is 101 cm³/mol. The number of ether oxygens (including phenoxy) is 1. The molecule has 4 aliphatic rings. The molecule has 0 spiro atoms. The molecule has 0 amide bonds. The van der Waals surface area contributed by atoms with Crippen LogP contribution in [0.5, 0.6) is 0 Å². The van der Waals surface area contributed by atoms with Crippen LogP contribution in [0.4, 0.5) is 0 Å². The van der Waals surface area contributed by atoms with Gasteiger partial charge in [-0.2, -0.15) is 0 Å². The SMILES string of the molecule is O=C(O)C1(CN2CCC(CNC3CC3)(COCC3CCC3)CC2)CCC1. The minimum absolute atomic E-state index is 0.249. The number of nitrogens with one attached hydrogen (secondary N) is 1. The van der Waals surface area contributed by atoms with Gasteiger partial charge in [0.15, 0.2) is 0 Å². The lowest BCUT2D eigenvalue weighted by atomic mass is 9.68. The van der Waals surface area contributed by atoms with E-state index in [1.807, 2.05) is 0 Å². The zero-order valence-electron chi connectivity index (χ0n) is 16.2. The first kappa shape index (κ1) is 18.7. The molecule has 0 aromatic rings. The Labute approximate surface area is 157 Å². The smallest absolute Gasteiger partial charge is 0.310 e. The van der Waals surface area contributed by atoms with E-state index < -0.39 is 11.4 Å². The van der Waals surface area contributed by atoms with Gasteiger partial charge >= 0.3 is 5.97 Å². The molecule has 0 bridgehead atoms. The number of carboxylic acid groups (broad SMARTS) is 1. The van der Waals surface area contributed by atoms with Crippen LogP contribution in [0.1, 0.15) is 64.2 Å². The normalized spacial score (nSPS) is 28.3. The minimum atomic E-state index is -0.584.